The number of anilines is 1. The summed E-state index contributed by atoms with van der Waals surface area (Å²) in [5, 5.41) is 8.21. The molecule has 0 atom stereocenters. The second-order valence-electron chi connectivity index (χ2n) is 6.82. The van der Waals surface area contributed by atoms with Gasteiger partial charge in [-0.2, -0.15) is 5.10 Å². The van der Waals surface area contributed by atoms with Crippen LogP contribution in [0, 0.1) is 0 Å². The standard InChI is InChI=1S/C24H21N3O3/c1-2-16-27-24(29)21-11-7-6-10-20(21)22(26-27)23(28)25-17-12-14-19(15-13-17)30-18-8-4-3-5-9-18/h3-15H,2,16H2,1H3,(H,25,28). The van der Waals surface area contributed by atoms with Gasteiger partial charge in [0.05, 0.1) is 5.39 Å². The summed E-state index contributed by atoms with van der Waals surface area (Å²) in [4.78, 5) is 25.5. The number of aryl methyl sites for hydroxylation is 1. The minimum absolute atomic E-state index is 0.189. The average molecular weight is 399 g/mol. The van der Waals surface area contributed by atoms with Crippen molar-refractivity contribution in [2.75, 3.05) is 5.32 Å². The molecule has 6 nitrogen and oxygen atoms in total. The Bertz CT molecular complexity index is 1230. The van der Waals surface area contributed by atoms with E-state index in [0.29, 0.717) is 28.8 Å². The summed E-state index contributed by atoms with van der Waals surface area (Å²) in [6, 6.07) is 23.6. The van der Waals surface area contributed by atoms with Crippen LogP contribution in [-0.2, 0) is 6.54 Å². The number of hydrogen-bond donors (Lipinski definition) is 1. The van der Waals surface area contributed by atoms with Crippen LogP contribution in [0.15, 0.2) is 83.7 Å². The highest BCUT2D eigenvalue weighted by atomic mass is 16.5. The minimum Gasteiger partial charge on any atom is -0.457 e. The fourth-order valence-corrected chi connectivity index (χ4v) is 3.19. The van der Waals surface area contributed by atoms with E-state index >= 15 is 0 Å². The van der Waals surface area contributed by atoms with Crippen molar-refractivity contribution < 1.29 is 9.53 Å². The summed E-state index contributed by atoms with van der Waals surface area (Å²) in [5.41, 5.74) is 0.647. The van der Waals surface area contributed by atoms with E-state index in [0.717, 1.165) is 12.2 Å². The van der Waals surface area contributed by atoms with E-state index in [1.54, 1.807) is 48.5 Å². The number of ether oxygens (including phenoxy) is 1. The van der Waals surface area contributed by atoms with Gasteiger partial charge in [-0.05, 0) is 48.9 Å². The number of carbonyl (C=O) groups is 1. The van der Waals surface area contributed by atoms with Crippen molar-refractivity contribution in [1.82, 2.24) is 9.78 Å². The van der Waals surface area contributed by atoms with Gasteiger partial charge in [0.2, 0.25) is 0 Å². The van der Waals surface area contributed by atoms with Crippen molar-refractivity contribution in [3.05, 3.63) is 94.9 Å². The van der Waals surface area contributed by atoms with E-state index in [1.165, 1.54) is 4.68 Å². The van der Waals surface area contributed by atoms with Crippen LogP contribution in [0.4, 0.5) is 5.69 Å². The van der Waals surface area contributed by atoms with Crippen molar-refractivity contribution in [2.24, 2.45) is 0 Å². The lowest BCUT2D eigenvalue weighted by atomic mass is 10.1. The number of rotatable bonds is 6. The number of fused-ring (bicyclic) bond motifs is 1. The summed E-state index contributed by atoms with van der Waals surface area (Å²) in [6.45, 7) is 2.41. The first kappa shape index (κ1) is 19.4. The zero-order valence-corrected chi connectivity index (χ0v) is 16.5. The van der Waals surface area contributed by atoms with Crippen molar-refractivity contribution in [1.29, 1.82) is 0 Å². The van der Waals surface area contributed by atoms with Gasteiger partial charge in [0.15, 0.2) is 5.69 Å². The number of amides is 1. The lowest BCUT2D eigenvalue weighted by Crippen LogP contribution is -2.27. The van der Waals surface area contributed by atoms with Gasteiger partial charge in [0, 0.05) is 17.6 Å². The molecule has 0 fully saturated rings. The molecule has 1 amide bonds. The molecule has 1 heterocycles. The lowest BCUT2D eigenvalue weighted by molar-refractivity contribution is 0.102. The molecule has 0 aliphatic heterocycles. The third-order valence-electron chi connectivity index (χ3n) is 4.61. The topological polar surface area (TPSA) is 73.2 Å². The van der Waals surface area contributed by atoms with Gasteiger partial charge in [-0.25, -0.2) is 4.68 Å². The monoisotopic (exact) mass is 399 g/mol. The number of para-hydroxylation sites is 1. The van der Waals surface area contributed by atoms with Crippen LogP contribution in [0.1, 0.15) is 23.8 Å². The SMILES string of the molecule is CCCn1nc(C(=O)Nc2ccc(Oc3ccccc3)cc2)c2ccccc2c1=O. The van der Waals surface area contributed by atoms with Crippen LogP contribution in [0.25, 0.3) is 10.8 Å². The van der Waals surface area contributed by atoms with E-state index in [2.05, 4.69) is 10.4 Å². The maximum Gasteiger partial charge on any atom is 0.276 e. The zero-order valence-electron chi connectivity index (χ0n) is 16.5. The summed E-state index contributed by atoms with van der Waals surface area (Å²) >= 11 is 0. The van der Waals surface area contributed by atoms with Gasteiger partial charge in [-0.3, -0.25) is 9.59 Å². The molecule has 150 valence electrons. The van der Waals surface area contributed by atoms with Crippen LogP contribution in [0.2, 0.25) is 0 Å². The molecular formula is C24H21N3O3. The predicted molar refractivity (Wildman–Crippen MR) is 117 cm³/mol. The highest BCUT2D eigenvalue weighted by Crippen LogP contribution is 2.23. The Labute approximate surface area is 173 Å². The lowest BCUT2D eigenvalue weighted by Gasteiger charge is -2.11. The fraction of sp³-hybridized carbons (Fsp3) is 0.125. The number of nitrogens with zero attached hydrogens (tertiary/aromatic N) is 2. The number of nitrogens with one attached hydrogen (secondary N) is 1. The van der Waals surface area contributed by atoms with Crippen LogP contribution in [0.3, 0.4) is 0 Å². The molecule has 0 aliphatic rings. The second kappa shape index (κ2) is 8.61. The largest absolute Gasteiger partial charge is 0.457 e. The Morgan fingerprint density at radius 3 is 2.23 bits per heavy atom. The minimum atomic E-state index is -0.368. The predicted octanol–water partition coefficient (Wildman–Crippen LogP) is 4.85. The van der Waals surface area contributed by atoms with E-state index < -0.39 is 0 Å². The Morgan fingerprint density at radius 2 is 1.53 bits per heavy atom. The first-order chi connectivity index (χ1) is 14.7. The van der Waals surface area contributed by atoms with Crippen LogP contribution >= 0.6 is 0 Å². The normalized spacial score (nSPS) is 10.7. The molecule has 1 N–H and O–H groups in total. The summed E-state index contributed by atoms with van der Waals surface area (Å²) < 4.78 is 7.13. The number of carbonyl (C=O) groups excluding carboxylic acids is 1. The van der Waals surface area contributed by atoms with Gasteiger partial charge in [0.1, 0.15) is 11.5 Å². The quantitative estimate of drug-likeness (QED) is 0.503. The molecule has 6 heteroatoms. The van der Waals surface area contributed by atoms with Gasteiger partial charge >= 0.3 is 0 Å². The summed E-state index contributed by atoms with van der Waals surface area (Å²) in [7, 11) is 0. The van der Waals surface area contributed by atoms with Crippen molar-refractivity contribution in [3.63, 3.8) is 0 Å². The van der Waals surface area contributed by atoms with Crippen LogP contribution in [-0.4, -0.2) is 15.7 Å². The highest BCUT2D eigenvalue weighted by Gasteiger charge is 2.16. The molecule has 1 aromatic heterocycles. The highest BCUT2D eigenvalue weighted by molar-refractivity contribution is 6.11. The molecule has 4 rings (SSSR count). The van der Waals surface area contributed by atoms with Crippen LogP contribution in [0.5, 0.6) is 11.5 Å². The first-order valence-electron chi connectivity index (χ1n) is 9.80. The fourth-order valence-electron chi connectivity index (χ4n) is 3.19. The maximum absolute atomic E-state index is 13.0. The molecular weight excluding hydrogens is 378 g/mol. The Kier molecular flexibility index (Phi) is 5.57. The molecule has 0 saturated heterocycles. The molecule has 3 aromatic carbocycles. The molecule has 0 radical (unpaired) electrons. The Morgan fingerprint density at radius 1 is 0.900 bits per heavy atom. The number of hydrogen-bond acceptors (Lipinski definition) is 4. The van der Waals surface area contributed by atoms with E-state index in [9.17, 15) is 9.59 Å². The Balaban J connectivity index is 1.59. The van der Waals surface area contributed by atoms with Gasteiger partial charge in [-0.1, -0.05) is 43.3 Å². The summed E-state index contributed by atoms with van der Waals surface area (Å²) in [5.74, 6) is 1.04. The molecule has 0 bridgehead atoms. The van der Waals surface area contributed by atoms with Gasteiger partial charge < -0.3 is 10.1 Å². The summed E-state index contributed by atoms with van der Waals surface area (Å²) in [6.07, 6.45) is 0.745. The van der Waals surface area contributed by atoms with Crippen molar-refractivity contribution in [3.8, 4) is 11.5 Å². The zero-order chi connectivity index (χ0) is 20.9. The molecule has 0 saturated carbocycles. The van der Waals surface area contributed by atoms with E-state index in [4.69, 9.17) is 4.74 Å². The van der Waals surface area contributed by atoms with Crippen LogP contribution < -0.4 is 15.6 Å². The molecule has 0 unspecified atom stereocenters. The molecule has 0 spiro atoms. The third kappa shape index (κ3) is 4.07. The van der Waals surface area contributed by atoms with Gasteiger partial charge in [-0.15, -0.1) is 0 Å². The van der Waals surface area contributed by atoms with Crippen molar-refractivity contribution >= 4 is 22.4 Å². The number of aromatic nitrogens is 2. The smallest absolute Gasteiger partial charge is 0.276 e. The maximum atomic E-state index is 13.0. The molecule has 30 heavy (non-hydrogen) atoms. The number of benzene rings is 3. The van der Waals surface area contributed by atoms with E-state index in [-0.39, 0.29) is 17.2 Å². The Hall–Kier alpha value is -3.93. The van der Waals surface area contributed by atoms with Crippen molar-refractivity contribution in [2.45, 2.75) is 19.9 Å². The second-order valence-corrected chi connectivity index (χ2v) is 6.82. The van der Waals surface area contributed by atoms with E-state index in [1.807, 2.05) is 37.3 Å². The third-order valence-corrected chi connectivity index (χ3v) is 4.61. The molecule has 4 aromatic rings. The average Bonchev–Trinajstić information content (AvgIpc) is 2.78. The first-order valence-corrected chi connectivity index (χ1v) is 9.80. The molecule has 0 aliphatic carbocycles. The van der Waals surface area contributed by atoms with Gasteiger partial charge in [0.25, 0.3) is 11.5 Å².